The second-order valence-electron chi connectivity index (χ2n) is 10.1. The van der Waals surface area contributed by atoms with Crippen LogP contribution in [-0.4, -0.2) is 29.3 Å². The summed E-state index contributed by atoms with van der Waals surface area (Å²) in [5, 5.41) is 9.14. The van der Waals surface area contributed by atoms with E-state index < -0.39 is 23.7 Å². The molecule has 0 saturated heterocycles. The van der Waals surface area contributed by atoms with E-state index in [4.69, 9.17) is 0 Å². The monoisotopic (exact) mass is 596 g/mol. The lowest BCUT2D eigenvalue weighted by Gasteiger charge is -2.20. The van der Waals surface area contributed by atoms with Crippen LogP contribution in [0.3, 0.4) is 0 Å². The van der Waals surface area contributed by atoms with Gasteiger partial charge < -0.3 is 16.0 Å². The van der Waals surface area contributed by atoms with E-state index in [1.54, 1.807) is 54.6 Å². The minimum atomic E-state index is -4.46. The maximum Gasteiger partial charge on any atom is 0.416 e. The fourth-order valence-corrected chi connectivity index (χ4v) is 4.72. The van der Waals surface area contributed by atoms with E-state index >= 15 is 0 Å². The van der Waals surface area contributed by atoms with Crippen molar-refractivity contribution in [2.24, 2.45) is 0 Å². The Morgan fingerprint density at radius 2 is 1.50 bits per heavy atom. The van der Waals surface area contributed by atoms with Crippen LogP contribution in [0.1, 0.15) is 44.8 Å². The normalized spacial score (nSPS) is 11.9. The van der Waals surface area contributed by atoms with Gasteiger partial charge in [-0.2, -0.15) is 13.2 Å². The van der Waals surface area contributed by atoms with Crippen molar-refractivity contribution < 1.29 is 27.6 Å². The van der Waals surface area contributed by atoms with Crippen LogP contribution in [-0.2, 0) is 11.0 Å². The van der Waals surface area contributed by atoms with E-state index in [1.807, 2.05) is 30.3 Å². The van der Waals surface area contributed by atoms with Gasteiger partial charge in [-0.1, -0.05) is 60.7 Å². The Morgan fingerprint density at radius 3 is 2.20 bits per heavy atom. The number of hydrogen-bond acceptors (Lipinski definition) is 4. The van der Waals surface area contributed by atoms with Gasteiger partial charge >= 0.3 is 6.18 Å². The van der Waals surface area contributed by atoms with E-state index in [2.05, 4.69) is 20.9 Å². The summed E-state index contributed by atoms with van der Waals surface area (Å²) in [7, 11) is 0. The van der Waals surface area contributed by atoms with Crippen molar-refractivity contribution in [3.63, 3.8) is 0 Å². The molecule has 5 aromatic rings. The summed E-state index contributed by atoms with van der Waals surface area (Å²) < 4.78 is 39.0. The molecule has 0 spiro atoms. The zero-order valence-electron chi connectivity index (χ0n) is 23.5. The van der Waals surface area contributed by atoms with Gasteiger partial charge in [0.2, 0.25) is 5.91 Å². The Morgan fingerprint density at radius 1 is 0.795 bits per heavy atom. The van der Waals surface area contributed by atoms with E-state index in [9.17, 15) is 27.6 Å². The molecule has 1 aromatic heterocycles. The highest BCUT2D eigenvalue weighted by atomic mass is 19.4. The number of carbonyl (C=O) groups excluding carboxylic acids is 3. The minimum absolute atomic E-state index is 0.206. The third-order valence-electron chi connectivity index (χ3n) is 6.95. The molecule has 0 fully saturated rings. The van der Waals surface area contributed by atoms with Gasteiger partial charge in [-0.15, -0.1) is 0 Å². The lowest BCUT2D eigenvalue weighted by Crippen LogP contribution is -2.37. The number of pyridine rings is 1. The van der Waals surface area contributed by atoms with Crippen LogP contribution < -0.4 is 16.0 Å². The van der Waals surface area contributed by atoms with E-state index in [0.717, 1.165) is 17.7 Å². The minimum Gasteiger partial charge on any atom is -0.354 e. The topological polar surface area (TPSA) is 100 Å². The molecule has 10 heteroatoms. The third-order valence-corrected chi connectivity index (χ3v) is 6.95. The van der Waals surface area contributed by atoms with Gasteiger partial charge in [0, 0.05) is 30.0 Å². The standard InChI is InChI=1S/C34H27F3N4O3/c1-21(42)38-20-30(23-7-3-2-4-8-23)40-32(43)25-13-17-29-24(19-25)14-18-31(39-29)41-33(44)28-10-6-5-9-27(28)22-11-15-26(16-12-22)34(35,36)37/h2-19,30H,20H2,1H3,(H,38,42)(H,40,43)(H,39,41,44)/t30-/m1/s1. The number of anilines is 1. The van der Waals surface area contributed by atoms with Crippen molar-refractivity contribution in [1.82, 2.24) is 15.6 Å². The summed E-state index contributed by atoms with van der Waals surface area (Å²) in [4.78, 5) is 42.4. The number of hydrogen-bond donors (Lipinski definition) is 3. The van der Waals surface area contributed by atoms with Crippen LogP contribution in [0.5, 0.6) is 0 Å². The number of halogens is 3. The predicted molar refractivity (Wildman–Crippen MR) is 162 cm³/mol. The van der Waals surface area contributed by atoms with Gasteiger partial charge in [-0.3, -0.25) is 14.4 Å². The molecule has 44 heavy (non-hydrogen) atoms. The second kappa shape index (κ2) is 12.8. The maximum absolute atomic E-state index is 13.2. The number of aromatic nitrogens is 1. The highest BCUT2D eigenvalue weighted by molar-refractivity contribution is 6.08. The largest absolute Gasteiger partial charge is 0.416 e. The number of nitrogens with one attached hydrogen (secondary N) is 3. The van der Waals surface area contributed by atoms with E-state index in [-0.39, 0.29) is 29.7 Å². The lowest BCUT2D eigenvalue weighted by atomic mass is 9.98. The molecule has 1 heterocycles. The number of rotatable bonds is 8. The van der Waals surface area contributed by atoms with Crippen LogP contribution in [0.15, 0.2) is 109 Å². The predicted octanol–water partition coefficient (Wildman–Crippen LogP) is 6.78. The SMILES string of the molecule is CC(=O)NC[C@@H](NC(=O)c1ccc2nc(NC(=O)c3ccccc3-c3ccc(C(F)(F)F)cc3)ccc2c1)c1ccccc1. The molecule has 0 aliphatic carbocycles. The quantitative estimate of drug-likeness (QED) is 0.184. The molecule has 0 bridgehead atoms. The molecule has 0 unspecified atom stereocenters. The zero-order valence-corrected chi connectivity index (χ0v) is 23.5. The first-order valence-corrected chi connectivity index (χ1v) is 13.7. The number of amides is 3. The lowest BCUT2D eigenvalue weighted by molar-refractivity contribution is -0.137. The summed E-state index contributed by atoms with van der Waals surface area (Å²) in [5.41, 5.74) is 2.21. The average Bonchev–Trinajstić information content (AvgIpc) is 3.02. The van der Waals surface area contributed by atoms with Gasteiger partial charge in [-0.25, -0.2) is 4.98 Å². The first-order chi connectivity index (χ1) is 21.1. The van der Waals surface area contributed by atoms with Crippen molar-refractivity contribution in [1.29, 1.82) is 0 Å². The number of alkyl halides is 3. The molecule has 1 atom stereocenters. The molecule has 0 aliphatic heterocycles. The summed E-state index contributed by atoms with van der Waals surface area (Å²) in [6.07, 6.45) is -4.46. The fraction of sp³-hybridized carbons (Fsp3) is 0.118. The van der Waals surface area contributed by atoms with Crippen molar-refractivity contribution in [3.05, 3.63) is 131 Å². The van der Waals surface area contributed by atoms with Crippen molar-refractivity contribution >= 4 is 34.4 Å². The Hall–Kier alpha value is -5.51. The van der Waals surface area contributed by atoms with E-state index in [0.29, 0.717) is 27.6 Å². The van der Waals surface area contributed by atoms with Crippen molar-refractivity contribution in [3.8, 4) is 11.1 Å². The summed E-state index contributed by atoms with van der Waals surface area (Å²) in [6, 6.07) is 28.4. The average molecular weight is 597 g/mol. The second-order valence-corrected chi connectivity index (χ2v) is 10.1. The molecule has 5 rings (SSSR count). The molecule has 4 aromatic carbocycles. The maximum atomic E-state index is 13.2. The zero-order chi connectivity index (χ0) is 31.3. The molecule has 7 nitrogen and oxygen atoms in total. The first kappa shape index (κ1) is 30.0. The molecule has 0 radical (unpaired) electrons. The molecule has 3 N–H and O–H groups in total. The smallest absolute Gasteiger partial charge is 0.354 e. The van der Waals surface area contributed by atoms with Crippen LogP contribution in [0.2, 0.25) is 0 Å². The third kappa shape index (κ3) is 7.09. The Kier molecular flexibility index (Phi) is 8.71. The van der Waals surface area contributed by atoms with Crippen LogP contribution >= 0.6 is 0 Å². The Bertz CT molecular complexity index is 1820. The number of carbonyl (C=O) groups is 3. The van der Waals surface area contributed by atoms with Gasteiger partial charge in [-0.05, 0) is 65.2 Å². The fourth-order valence-electron chi connectivity index (χ4n) is 4.72. The molecule has 222 valence electrons. The highest BCUT2D eigenvalue weighted by Gasteiger charge is 2.30. The van der Waals surface area contributed by atoms with Crippen LogP contribution in [0.25, 0.3) is 22.0 Å². The summed E-state index contributed by atoms with van der Waals surface area (Å²) in [6.45, 7) is 1.64. The van der Waals surface area contributed by atoms with Crippen LogP contribution in [0.4, 0.5) is 19.0 Å². The first-order valence-electron chi connectivity index (χ1n) is 13.7. The Labute approximate surface area is 251 Å². The number of benzene rings is 4. The molecular formula is C34H27F3N4O3. The summed E-state index contributed by atoms with van der Waals surface area (Å²) >= 11 is 0. The van der Waals surface area contributed by atoms with E-state index in [1.165, 1.54) is 19.1 Å². The van der Waals surface area contributed by atoms with Crippen LogP contribution in [0, 0.1) is 0 Å². The van der Waals surface area contributed by atoms with Crippen molar-refractivity contribution in [2.75, 3.05) is 11.9 Å². The van der Waals surface area contributed by atoms with Gasteiger partial charge in [0.1, 0.15) is 5.82 Å². The summed E-state index contributed by atoms with van der Waals surface area (Å²) in [5.74, 6) is -0.748. The molecular weight excluding hydrogens is 569 g/mol. The van der Waals surface area contributed by atoms with Crippen molar-refractivity contribution in [2.45, 2.75) is 19.1 Å². The van der Waals surface area contributed by atoms with Gasteiger partial charge in [0.25, 0.3) is 11.8 Å². The molecule has 3 amide bonds. The number of nitrogens with zero attached hydrogens (tertiary/aromatic N) is 1. The Balaban J connectivity index is 1.32. The highest BCUT2D eigenvalue weighted by Crippen LogP contribution is 2.32. The van der Waals surface area contributed by atoms with Gasteiger partial charge in [0.15, 0.2) is 0 Å². The number of fused-ring (bicyclic) bond motifs is 1. The molecule has 0 saturated carbocycles. The van der Waals surface area contributed by atoms with Gasteiger partial charge in [0.05, 0.1) is 17.1 Å². The molecule has 0 aliphatic rings.